The molecular formula is C12H14ClN3. The lowest BCUT2D eigenvalue weighted by molar-refractivity contribution is 0.496. The largest absolute Gasteiger partial charge is 0.383 e. The van der Waals surface area contributed by atoms with Gasteiger partial charge in [0, 0.05) is 0 Å². The molecule has 1 atom stereocenters. The van der Waals surface area contributed by atoms with Gasteiger partial charge in [-0.05, 0) is 18.9 Å². The molecule has 2 rings (SSSR count). The second-order valence-electron chi connectivity index (χ2n) is 3.86. The minimum Gasteiger partial charge on any atom is -0.383 e. The molecule has 0 saturated carbocycles. The van der Waals surface area contributed by atoms with Gasteiger partial charge in [0.1, 0.15) is 10.8 Å². The standard InChI is InChI=1S/C12H14ClN3/c1-9(7-10-5-3-2-4-6-10)16-12(14)11(13)8-15-16/h2-6,8-9H,7,14H2,1H3. The lowest BCUT2D eigenvalue weighted by Crippen LogP contribution is -2.12. The van der Waals surface area contributed by atoms with Gasteiger partial charge in [0.25, 0.3) is 0 Å². The highest BCUT2D eigenvalue weighted by molar-refractivity contribution is 6.32. The number of rotatable bonds is 3. The molecule has 0 saturated heterocycles. The predicted octanol–water partition coefficient (Wildman–Crippen LogP) is 2.92. The van der Waals surface area contributed by atoms with Gasteiger partial charge in [0.05, 0.1) is 12.2 Å². The molecular weight excluding hydrogens is 222 g/mol. The Morgan fingerprint density at radius 1 is 1.38 bits per heavy atom. The Labute approximate surface area is 99.8 Å². The van der Waals surface area contributed by atoms with E-state index in [9.17, 15) is 0 Å². The van der Waals surface area contributed by atoms with Crippen LogP contribution in [0, 0.1) is 0 Å². The Morgan fingerprint density at radius 3 is 2.62 bits per heavy atom. The molecule has 1 aromatic carbocycles. The summed E-state index contributed by atoms with van der Waals surface area (Å²) in [7, 11) is 0. The van der Waals surface area contributed by atoms with Crippen LogP contribution in [0.25, 0.3) is 0 Å². The van der Waals surface area contributed by atoms with Gasteiger partial charge in [-0.2, -0.15) is 5.10 Å². The molecule has 0 bridgehead atoms. The second kappa shape index (κ2) is 4.58. The summed E-state index contributed by atoms with van der Waals surface area (Å²) in [6, 6.07) is 10.5. The van der Waals surface area contributed by atoms with E-state index in [4.69, 9.17) is 17.3 Å². The number of hydrogen-bond donors (Lipinski definition) is 1. The molecule has 3 nitrogen and oxygen atoms in total. The Hall–Kier alpha value is -1.48. The lowest BCUT2D eigenvalue weighted by Gasteiger charge is -2.13. The van der Waals surface area contributed by atoms with Crippen LogP contribution in [-0.2, 0) is 6.42 Å². The number of halogens is 1. The molecule has 0 spiro atoms. The summed E-state index contributed by atoms with van der Waals surface area (Å²) < 4.78 is 1.76. The van der Waals surface area contributed by atoms with Crippen molar-refractivity contribution in [2.24, 2.45) is 0 Å². The highest BCUT2D eigenvalue weighted by Gasteiger charge is 2.11. The first kappa shape index (κ1) is 11.0. The maximum atomic E-state index is 5.87. The van der Waals surface area contributed by atoms with Gasteiger partial charge in [-0.3, -0.25) is 0 Å². The van der Waals surface area contributed by atoms with Gasteiger partial charge >= 0.3 is 0 Å². The maximum Gasteiger partial charge on any atom is 0.140 e. The maximum absolute atomic E-state index is 5.87. The van der Waals surface area contributed by atoms with Gasteiger partial charge in [0.15, 0.2) is 0 Å². The highest BCUT2D eigenvalue weighted by atomic mass is 35.5. The fraction of sp³-hybridized carbons (Fsp3) is 0.250. The number of aromatic nitrogens is 2. The quantitative estimate of drug-likeness (QED) is 0.889. The zero-order valence-electron chi connectivity index (χ0n) is 9.10. The lowest BCUT2D eigenvalue weighted by atomic mass is 10.1. The third-order valence-electron chi connectivity index (χ3n) is 2.58. The van der Waals surface area contributed by atoms with E-state index < -0.39 is 0 Å². The number of hydrogen-bond acceptors (Lipinski definition) is 2. The molecule has 1 unspecified atom stereocenters. The van der Waals surface area contributed by atoms with Crippen LogP contribution < -0.4 is 5.73 Å². The summed E-state index contributed by atoms with van der Waals surface area (Å²) in [5, 5.41) is 4.68. The fourth-order valence-electron chi connectivity index (χ4n) is 1.74. The molecule has 0 fully saturated rings. The van der Waals surface area contributed by atoms with Crippen molar-refractivity contribution >= 4 is 17.4 Å². The summed E-state index contributed by atoms with van der Waals surface area (Å²) >= 11 is 5.87. The van der Waals surface area contributed by atoms with Crippen molar-refractivity contribution in [2.75, 3.05) is 5.73 Å². The Morgan fingerprint density at radius 2 is 2.06 bits per heavy atom. The van der Waals surface area contributed by atoms with Crippen LogP contribution in [-0.4, -0.2) is 9.78 Å². The molecule has 0 aliphatic heterocycles. The summed E-state index contributed by atoms with van der Waals surface area (Å²) in [5.41, 5.74) is 7.09. The Bertz CT molecular complexity index is 464. The van der Waals surface area contributed by atoms with Gasteiger partial charge in [-0.1, -0.05) is 41.9 Å². The topological polar surface area (TPSA) is 43.8 Å². The van der Waals surface area contributed by atoms with Crippen molar-refractivity contribution in [3.05, 3.63) is 47.1 Å². The minimum absolute atomic E-state index is 0.204. The fourth-order valence-corrected chi connectivity index (χ4v) is 1.87. The molecule has 1 aromatic heterocycles. The smallest absolute Gasteiger partial charge is 0.140 e. The molecule has 84 valence electrons. The van der Waals surface area contributed by atoms with Crippen LogP contribution in [0.15, 0.2) is 36.5 Å². The molecule has 0 aliphatic rings. The summed E-state index contributed by atoms with van der Waals surface area (Å²) in [6.45, 7) is 2.08. The van der Waals surface area contributed by atoms with Crippen molar-refractivity contribution in [3.63, 3.8) is 0 Å². The van der Waals surface area contributed by atoms with E-state index in [0.29, 0.717) is 10.8 Å². The van der Waals surface area contributed by atoms with Crippen molar-refractivity contribution < 1.29 is 0 Å². The molecule has 0 aliphatic carbocycles. The molecule has 16 heavy (non-hydrogen) atoms. The van der Waals surface area contributed by atoms with Crippen LogP contribution >= 0.6 is 11.6 Å². The van der Waals surface area contributed by atoms with E-state index in [1.54, 1.807) is 10.9 Å². The van der Waals surface area contributed by atoms with Crippen LogP contribution in [0.4, 0.5) is 5.82 Å². The molecule has 4 heteroatoms. The Balaban J connectivity index is 2.15. The second-order valence-corrected chi connectivity index (χ2v) is 4.27. The van der Waals surface area contributed by atoms with E-state index in [1.165, 1.54) is 5.56 Å². The first-order valence-electron chi connectivity index (χ1n) is 5.21. The van der Waals surface area contributed by atoms with Crippen molar-refractivity contribution in [1.82, 2.24) is 9.78 Å². The van der Waals surface area contributed by atoms with Crippen molar-refractivity contribution in [2.45, 2.75) is 19.4 Å². The average Bonchev–Trinajstić information content (AvgIpc) is 2.61. The van der Waals surface area contributed by atoms with Crippen molar-refractivity contribution in [3.8, 4) is 0 Å². The molecule has 1 heterocycles. The molecule has 0 amide bonds. The molecule has 2 N–H and O–H groups in total. The molecule has 2 aromatic rings. The van der Waals surface area contributed by atoms with Gasteiger partial charge in [-0.15, -0.1) is 0 Å². The first-order chi connectivity index (χ1) is 7.68. The zero-order valence-corrected chi connectivity index (χ0v) is 9.85. The van der Waals surface area contributed by atoms with E-state index in [1.807, 2.05) is 18.2 Å². The van der Waals surface area contributed by atoms with Crippen LogP contribution in [0.5, 0.6) is 0 Å². The summed E-state index contributed by atoms with van der Waals surface area (Å²) in [4.78, 5) is 0. The third kappa shape index (κ3) is 2.19. The van der Waals surface area contributed by atoms with E-state index in [2.05, 4.69) is 24.2 Å². The SMILES string of the molecule is CC(Cc1ccccc1)n1ncc(Cl)c1N. The first-order valence-corrected chi connectivity index (χ1v) is 5.58. The monoisotopic (exact) mass is 235 g/mol. The van der Waals surface area contributed by atoms with Crippen LogP contribution in [0.2, 0.25) is 5.02 Å². The summed E-state index contributed by atoms with van der Waals surface area (Å²) in [5.74, 6) is 0.532. The van der Waals surface area contributed by atoms with Gasteiger partial charge in [0.2, 0.25) is 0 Å². The Kier molecular flexibility index (Phi) is 3.15. The number of nitrogens with zero attached hydrogens (tertiary/aromatic N) is 2. The number of anilines is 1. The van der Waals surface area contributed by atoms with Crippen molar-refractivity contribution in [1.29, 1.82) is 0 Å². The number of nitrogens with two attached hydrogens (primary N) is 1. The van der Waals surface area contributed by atoms with E-state index in [0.717, 1.165) is 6.42 Å². The normalized spacial score (nSPS) is 12.6. The number of benzene rings is 1. The van der Waals surface area contributed by atoms with E-state index >= 15 is 0 Å². The molecule has 0 radical (unpaired) electrons. The highest BCUT2D eigenvalue weighted by Crippen LogP contribution is 2.22. The van der Waals surface area contributed by atoms with Crippen LogP contribution in [0.3, 0.4) is 0 Å². The van der Waals surface area contributed by atoms with Gasteiger partial charge < -0.3 is 5.73 Å². The summed E-state index contributed by atoms with van der Waals surface area (Å²) in [6.07, 6.45) is 2.47. The predicted molar refractivity (Wildman–Crippen MR) is 66.5 cm³/mol. The van der Waals surface area contributed by atoms with Gasteiger partial charge in [-0.25, -0.2) is 4.68 Å². The zero-order chi connectivity index (χ0) is 11.5. The third-order valence-corrected chi connectivity index (χ3v) is 2.87. The van der Waals surface area contributed by atoms with E-state index in [-0.39, 0.29) is 6.04 Å². The average molecular weight is 236 g/mol. The minimum atomic E-state index is 0.204. The van der Waals surface area contributed by atoms with Crippen LogP contribution in [0.1, 0.15) is 18.5 Å². The number of nitrogen functional groups attached to an aromatic ring is 1.